The van der Waals surface area contributed by atoms with E-state index in [-0.39, 0.29) is 0 Å². The van der Waals surface area contributed by atoms with Gasteiger partial charge in [0.05, 0.1) is 10.2 Å². The summed E-state index contributed by atoms with van der Waals surface area (Å²) in [6, 6.07) is 12.1. The van der Waals surface area contributed by atoms with E-state index in [4.69, 9.17) is 5.73 Å². The molecule has 90 valence electrons. The summed E-state index contributed by atoms with van der Waals surface area (Å²) in [6.45, 7) is 0. The van der Waals surface area contributed by atoms with Crippen molar-refractivity contribution in [3.63, 3.8) is 0 Å². The second-order valence-electron chi connectivity index (χ2n) is 3.87. The summed E-state index contributed by atoms with van der Waals surface area (Å²) < 4.78 is 3.39. The topological polar surface area (TPSA) is 38.9 Å². The van der Waals surface area contributed by atoms with Crippen molar-refractivity contribution >= 4 is 65.8 Å². The van der Waals surface area contributed by atoms with Gasteiger partial charge in [-0.2, -0.15) is 0 Å². The highest BCUT2D eigenvalue weighted by Crippen LogP contribution is 2.34. The molecule has 0 bridgehead atoms. The lowest BCUT2D eigenvalue weighted by molar-refractivity contribution is 1.46. The number of nitrogen functional groups attached to an aromatic ring is 1. The molecule has 0 spiro atoms. The molecule has 3 rings (SSSR count). The van der Waals surface area contributed by atoms with E-state index in [0.717, 1.165) is 30.9 Å². The van der Waals surface area contributed by atoms with E-state index in [1.165, 1.54) is 3.57 Å². The van der Waals surface area contributed by atoms with Crippen LogP contribution in [0, 0.1) is 3.57 Å². The molecule has 2 nitrogen and oxygen atoms in total. The third-order valence-electron chi connectivity index (χ3n) is 2.57. The number of rotatable bonds is 1. The van der Waals surface area contributed by atoms with Crippen molar-refractivity contribution < 1.29 is 0 Å². The van der Waals surface area contributed by atoms with Gasteiger partial charge in [0.1, 0.15) is 5.01 Å². The van der Waals surface area contributed by atoms with Gasteiger partial charge in [0, 0.05) is 19.3 Å². The van der Waals surface area contributed by atoms with E-state index in [9.17, 15) is 0 Å². The Morgan fingerprint density at radius 3 is 2.83 bits per heavy atom. The molecule has 3 aromatic rings. The van der Waals surface area contributed by atoms with Crippen LogP contribution in [0.2, 0.25) is 0 Å². The second kappa shape index (κ2) is 4.79. The molecule has 0 aliphatic heterocycles. The van der Waals surface area contributed by atoms with E-state index in [1.54, 1.807) is 11.3 Å². The highest BCUT2D eigenvalue weighted by Gasteiger charge is 2.10. The Hall–Kier alpha value is -0.660. The van der Waals surface area contributed by atoms with Gasteiger partial charge in [-0.25, -0.2) is 4.98 Å². The maximum Gasteiger partial charge on any atom is 0.125 e. The summed E-state index contributed by atoms with van der Waals surface area (Å²) in [6.07, 6.45) is 0. The minimum atomic E-state index is 0.779. The van der Waals surface area contributed by atoms with Crippen molar-refractivity contribution in [3.05, 3.63) is 44.4 Å². The molecule has 1 heterocycles. The number of hydrogen-bond donors (Lipinski definition) is 1. The van der Waals surface area contributed by atoms with E-state index in [1.807, 2.05) is 24.3 Å². The highest BCUT2D eigenvalue weighted by atomic mass is 127. The Labute approximate surface area is 130 Å². The number of nitrogens with zero attached hydrogens (tertiary/aromatic N) is 1. The van der Waals surface area contributed by atoms with Gasteiger partial charge in [-0.1, -0.05) is 15.9 Å². The molecule has 0 unspecified atom stereocenters. The first-order valence-corrected chi connectivity index (χ1v) is 7.94. The molecule has 18 heavy (non-hydrogen) atoms. The molecule has 2 aromatic carbocycles. The average molecular weight is 431 g/mol. The van der Waals surface area contributed by atoms with Gasteiger partial charge in [0.15, 0.2) is 0 Å². The van der Waals surface area contributed by atoms with Gasteiger partial charge in [-0.05, 0) is 59.0 Å². The minimum absolute atomic E-state index is 0.779. The van der Waals surface area contributed by atoms with Gasteiger partial charge >= 0.3 is 0 Å². The van der Waals surface area contributed by atoms with Gasteiger partial charge in [-0.15, -0.1) is 11.3 Å². The normalized spacial score (nSPS) is 11.0. The number of anilines is 1. The first-order chi connectivity index (χ1) is 8.63. The fourth-order valence-electron chi connectivity index (χ4n) is 1.72. The van der Waals surface area contributed by atoms with Crippen molar-refractivity contribution in [3.8, 4) is 10.6 Å². The van der Waals surface area contributed by atoms with Gasteiger partial charge in [0.25, 0.3) is 0 Å². The van der Waals surface area contributed by atoms with Crippen molar-refractivity contribution in [1.82, 2.24) is 4.98 Å². The molecule has 1 aromatic heterocycles. The average Bonchev–Trinajstić information content (AvgIpc) is 2.74. The highest BCUT2D eigenvalue weighted by molar-refractivity contribution is 14.1. The minimum Gasteiger partial charge on any atom is -0.399 e. The van der Waals surface area contributed by atoms with Gasteiger partial charge < -0.3 is 5.73 Å². The van der Waals surface area contributed by atoms with Crippen LogP contribution >= 0.6 is 49.9 Å². The number of thiazole rings is 1. The van der Waals surface area contributed by atoms with Crippen LogP contribution in [0.4, 0.5) is 5.69 Å². The largest absolute Gasteiger partial charge is 0.399 e. The summed E-state index contributed by atoms with van der Waals surface area (Å²) in [5.41, 5.74) is 8.73. The third kappa shape index (κ3) is 2.26. The predicted octanol–water partition coefficient (Wildman–Crippen LogP) is 4.91. The Balaban J connectivity index is 2.22. The summed E-state index contributed by atoms with van der Waals surface area (Å²) in [4.78, 5) is 4.66. The summed E-state index contributed by atoms with van der Waals surface area (Å²) in [7, 11) is 0. The van der Waals surface area contributed by atoms with Crippen LogP contribution in [0.3, 0.4) is 0 Å². The molecule has 0 radical (unpaired) electrons. The zero-order valence-corrected chi connectivity index (χ0v) is 13.7. The maximum atomic E-state index is 5.80. The molecule has 0 saturated carbocycles. The molecule has 2 N–H and O–H groups in total. The number of halogens is 2. The van der Waals surface area contributed by atoms with Crippen molar-refractivity contribution in [2.24, 2.45) is 0 Å². The van der Waals surface area contributed by atoms with Crippen LogP contribution < -0.4 is 5.73 Å². The zero-order valence-electron chi connectivity index (χ0n) is 9.15. The van der Waals surface area contributed by atoms with Crippen LogP contribution in [0.15, 0.2) is 40.9 Å². The van der Waals surface area contributed by atoms with Crippen molar-refractivity contribution in [1.29, 1.82) is 0 Å². The first-order valence-electron chi connectivity index (χ1n) is 5.25. The van der Waals surface area contributed by atoms with Crippen LogP contribution in [0.25, 0.3) is 20.8 Å². The maximum absolute atomic E-state index is 5.80. The lowest BCUT2D eigenvalue weighted by Gasteiger charge is -2.00. The second-order valence-corrected chi connectivity index (χ2v) is 6.98. The van der Waals surface area contributed by atoms with Crippen LogP contribution in [-0.4, -0.2) is 4.98 Å². The molecular weight excluding hydrogens is 423 g/mol. The van der Waals surface area contributed by atoms with Crippen molar-refractivity contribution in [2.45, 2.75) is 0 Å². The molecule has 0 fully saturated rings. The summed E-state index contributed by atoms with van der Waals surface area (Å²) in [5.74, 6) is 0. The molecule has 0 amide bonds. The Kier molecular flexibility index (Phi) is 3.29. The molecule has 0 aliphatic carbocycles. The number of nitrogens with two attached hydrogens (primary N) is 1. The van der Waals surface area contributed by atoms with Crippen LogP contribution in [-0.2, 0) is 0 Å². The standard InChI is InChI=1S/C13H8BrIN2S/c14-7-1-3-10(15)9(5-7)13-17-11-4-2-8(16)6-12(11)18-13/h1-6H,16H2. The number of hydrogen-bond acceptors (Lipinski definition) is 3. The Bertz CT molecular complexity index is 739. The quantitative estimate of drug-likeness (QED) is 0.440. The van der Waals surface area contributed by atoms with Gasteiger partial charge in [-0.3, -0.25) is 0 Å². The third-order valence-corrected chi connectivity index (χ3v) is 5.06. The van der Waals surface area contributed by atoms with Gasteiger partial charge in [0.2, 0.25) is 0 Å². The fraction of sp³-hybridized carbons (Fsp3) is 0. The number of fused-ring (bicyclic) bond motifs is 1. The number of aromatic nitrogens is 1. The van der Waals surface area contributed by atoms with E-state index >= 15 is 0 Å². The Morgan fingerprint density at radius 1 is 1.17 bits per heavy atom. The fourth-order valence-corrected chi connectivity index (χ4v) is 3.90. The number of benzene rings is 2. The molecule has 0 atom stereocenters. The molecule has 0 saturated heterocycles. The summed E-state index contributed by atoms with van der Waals surface area (Å²) in [5, 5.41) is 1.03. The smallest absolute Gasteiger partial charge is 0.125 e. The van der Waals surface area contributed by atoms with E-state index < -0.39 is 0 Å². The summed E-state index contributed by atoms with van der Waals surface area (Å²) >= 11 is 7.51. The van der Waals surface area contributed by atoms with E-state index in [0.29, 0.717) is 0 Å². The zero-order chi connectivity index (χ0) is 12.7. The first kappa shape index (κ1) is 12.4. The molecule has 5 heteroatoms. The predicted molar refractivity (Wildman–Crippen MR) is 89.9 cm³/mol. The SMILES string of the molecule is Nc1ccc2nc(-c3cc(Br)ccc3I)sc2c1. The van der Waals surface area contributed by atoms with Crippen molar-refractivity contribution in [2.75, 3.05) is 5.73 Å². The monoisotopic (exact) mass is 430 g/mol. The molecule has 0 aliphatic rings. The van der Waals surface area contributed by atoms with Crippen LogP contribution in [0.5, 0.6) is 0 Å². The van der Waals surface area contributed by atoms with E-state index in [2.05, 4.69) is 55.6 Å². The lowest BCUT2D eigenvalue weighted by atomic mass is 10.2. The lowest BCUT2D eigenvalue weighted by Crippen LogP contribution is -1.82. The Morgan fingerprint density at radius 2 is 2.00 bits per heavy atom. The molecular formula is C13H8BrIN2S. The van der Waals surface area contributed by atoms with Crippen LogP contribution in [0.1, 0.15) is 0 Å².